The average molecular weight is 199 g/mol. The minimum absolute atomic E-state index is 0.197. The second-order valence-corrected chi connectivity index (χ2v) is 2.70. The number of carbonyl (C=O) groups excluding carboxylic acids is 1. The third-order valence-corrected chi connectivity index (χ3v) is 1.58. The third kappa shape index (κ3) is 1.70. The van der Waals surface area contributed by atoms with E-state index in [1.54, 1.807) is 0 Å². The van der Waals surface area contributed by atoms with Crippen molar-refractivity contribution in [2.75, 3.05) is 0 Å². The van der Waals surface area contributed by atoms with Crippen LogP contribution < -0.4 is 4.84 Å². The van der Waals surface area contributed by atoms with E-state index in [1.165, 1.54) is 20.8 Å². The summed E-state index contributed by atoms with van der Waals surface area (Å²) in [5, 5.41) is 10.5. The zero-order valence-electron chi connectivity index (χ0n) is 7.97. The van der Waals surface area contributed by atoms with Crippen LogP contribution in [-0.2, 0) is 4.79 Å². The van der Waals surface area contributed by atoms with Crippen molar-refractivity contribution >= 4 is 11.8 Å². The Morgan fingerprint density at radius 3 is 2.50 bits per heavy atom. The molecule has 14 heavy (non-hydrogen) atoms. The fourth-order valence-electron chi connectivity index (χ4n) is 1.05. The van der Waals surface area contributed by atoms with E-state index in [0.29, 0.717) is 0 Å². The molecular formula is C7H9N3O4. The summed E-state index contributed by atoms with van der Waals surface area (Å²) in [5.41, 5.74) is 0.197. The maximum atomic E-state index is 10.7. The third-order valence-electron chi connectivity index (χ3n) is 1.58. The van der Waals surface area contributed by atoms with E-state index in [4.69, 9.17) is 4.84 Å². The predicted molar refractivity (Wildman–Crippen MR) is 45.6 cm³/mol. The number of nitro groups is 1. The van der Waals surface area contributed by atoms with Crippen molar-refractivity contribution in [1.29, 1.82) is 0 Å². The van der Waals surface area contributed by atoms with E-state index in [9.17, 15) is 14.9 Å². The summed E-state index contributed by atoms with van der Waals surface area (Å²) in [6.07, 6.45) is 0. The zero-order valence-corrected chi connectivity index (χ0v) is 7.97. The van der Waals surface area contributed by atoms with Crippen molar-refractivity contribution in [3.63, 3.8) is 0 Å². The molecule has 0 amide bonds. The van der Waals surface area contributed by atoms with E-state index < -0.39 is 10.9 Å². The lowest BCUT2D eigenvalue weighted by molar-refractivity contribution is -0.390. The van der Waals surface area contributed by atoms with Gasteiger partial charge in [0.1, 0.15) is 0 Å². The summed E-state index contributed by atoms with van der Waals surface area (Å²) in [6, 6.07) is 0. The Morgan fingerprint density at radius 1 is 1.57 bits per heavy atom. The van der Waals surface area contributed by atoms with Gasteiger partial charge in [-0.15, -0.1) is 4.73 Å². The lowest BCUT2D eigenvalue weighted by Crippen LogP contribution is -2.19. The summed E-state index contributed by atoms with van der Waals surface area (Å²) in [4.78, 5) is 28.9. The highest BCUT2D eigenvalue weighted by atomic mass is 16.7. The van der Waals surface area contributed by atoms with Crippen LogP contribution in [0, 0.1) is 24.0 Å². The first-order valence-corrected chi connectivity index (χ1v) is 3.82. The first kappa shape index (κ1) is 10.2. The largest absolute Gasteiger partial charge is 0.388 e. The maximum absolute atomic E-state index is 10.7. The van der Waals surface area contributed by atoms with E-state index in [0.717, 1.165) is 4.73 Å². The molecule has 0 saturated heterocycles. The number of hydrogen-bond acceptors (Lipinski definition) is 5. The molecule has 0 saturated carbocycles. The number of imidazole rings is 1. The first-order chi connectivity index (χ1) is 6.43. The van der Waals surface area contributed by atoms with Gasteiger partial charge in [-0.3, -0.25) is 0 Å². The molecule has 1 heterocycles. The topological polar surface area (TPSA) is 87.3 Å². The molecule has 1 aromatic rings. The Kier molecular flexibility index (Phi) is 2.50. The molecule has 7 nitrogen and oxygen atoms in total. The van der Waals surface area contributed by atoms with Gasteiger partial charge in [0.15, 0.2) is 5.69 Å². The fourth-order valence-corrected chi connectivity index (χ4v) is 1.05. The summed E-state index contributed by atoms with van der Waals surface area (Å²) in [7, 11) is 0. The van der Waals surface area contributed by atoms with Gasteiger partial charge in [-0.2, -0.15) is 0 Å². The minimum Gasteiger partial charge on any atom is -0.358 e. The molecule has 1 aromatic heterocycles. The van der Waals surface area contributed by atoms with E-state index in [2.05, 4.69) is 4.98 Å². The quantitative estimate of drug-likeness (QED) is 0.507. The number of hydrogen-bond donors (Lipinski definition) is 0. The molecule has 0 aliphatic heterocycles. The second-order valence-electron chi connectivity index (χ2n) is 2.70. The highest BCUT2D eigenvalue weighted by Gasteiger charge is 2.23. The number of aryl methyl sites for hydroxylation is 1. The van der Waals surface area contributed by atoms with Gasteiger partial charge in [0.25, 0.3) is 5.82 Å². The molecule has 0 N–H and O–H groups in total. The summed E-state index contributed by atoms with van der Waals surface area (Å²) < 4.78 is 1.04. The van der Waals surface area contributed by atoms with Crippen LogP contribution in [0.3, 0.4) is 0 Å². The number of carbonyl (C=O) groups is 1. The second kappa shape index (κ2) is 3.44. The van der Waals surface area contributed by atoms with Gasteiger partial charge in [0, 0.05) is 13.8 Å². The molecule has 0 atom stereocenters. The molecule has 0 fully saturated rings. The number of nitrogens with zero attached hydrogens (tertiary/aromatic N) is 3. The maximum Gasteiger partial charge on any atom is 0.388 e. The van der Waals surface area contributed by atoms with Crippen LogP contribution in [0.1, 0.15) is 18.4 Å². The van der Waals surface area contributed by atoms with Gasteiger partial charge in [0.05, 0.1) is 0 Å². The fraction of sp³-hybridized carbons (Fsp3) is 0.429. The molecule has 0 aliphatic rings. The van der Waals surface area contributed by atoms with Gasteiger partial charge in [-0.05, 0) is 16.8 Å². The molecule has 0 aromatic carbocycles. The lowest BCUT2D eigenvalue weighted by Gasteiger charge is -2.01. The van der Waals surface area contributed by atoms with Crippen molar-refractivity contribution < 1.29 is 14.6 Å². The predicted octanol–water partition coefficient (Wildman–Crippen LogP) is 0.383. The van der Waals surface area contributed by atoms with Crippen LogP contribution in [0.15, 0.2) is 0 Å². The van der Waals surface area contributed by atoms with Crippen molar-refractivity contribution in [3.05, 3.63) is 21.6 Å². The molecule has 1 rings (SSSR count). The molecule has 76 valence electrons. The summed E-state index contributed by atoms with van der Waals surface area (Å²) >= 11 is 0. The summed E-state index contributed by atoms with van der Waals surface area (Å²) in [5.74, 6) is -0.586. The van der Waals surface area contributed by atoms with Crippen molar-refractivity contribution in [2.45, 2.75) is 20.8 Å². The summed E-state index contributed by atoms with van der Waals surface area (Å²) in [6.45, 7) is 4.19. The normalized spacial score (nSPS) is 9.93. The van der Waals surface area contributed by atoms with Crippen molar-refractivity contribution in [3.8, 4) is 0 Å². The Bertz CT molecular complexity index is 396. The molecule has 7 heteroatoms. The van der Waals surface area contributed by atoms with E-state index in [1.807, 2.05) is 0 Å². The zero-order chi connectivity index (χ0) is 10.9. The number of aromatic nitrogens is 2. The van der Waals surface area contributed by atoms with Gasteiger partial charge >= 0.3 is 11.8 Å². The van der Waals surface area contributed by atoms with Crippen LogP contribution in [0.5, 0.6) is 0 Å². The Balaban J connectivity index is 3.17. The van der Waals surface area contributed by atoms with Crippen LogP contribution in [-0.4, -0.2) is 20.6 Å². The highest BCUT2D eigenvalue weighted by molar-refractivity contribution is 5.66. The smallest absolute Gasteiger partial charge is 0.358 e. The standard InChI is InChI=1S/C7H9N3O4/c1-4-7(10(12)13)8-5(2)9(4)14-6(3)11/h1-3H3. The van der Waals surface area contributed by atoms with Gasteiger partial charge < -0.3 is 15.0 Å². The molecule has 0 radical (unpaired) electrons. The van der Waals surface area contributed by atoms with Crippen LogP contribution in [0.2, 0.25) is 0 Å². The van der Waals surface area contributed by atoms with Gasteiger partial charge in [0.2, 0.25) is 0 Å². The monoisotopic (exact) mass is 199 g/mol. The Hall–Kier alpha value is -1.92. The van der Waals surface area contributed by atoms with Crippen LogP contribution in [0.4, 0.5) is 5.82 Å². The van der Waals surface area contributed by atoms with Crippen LogP contribution >= 0.6 is 0 Å². The van der Waals surface area contributed by atoms with E-state index in [-0.39, 0.29) is 17.3 Å². The highest BCUT2D eigenvalue weighted by Crippen LogP contribution is 2.16. The number of rotatable bonds is 2. The molecular weight excluding hydrogens is 190 g/mol. The lowest BCUT2D eigenvalue weighted by atomic mass is 10.5. The van der Waals surface area contributed by atoms with Crippen LogP contribution in [0.25, 0.3) is 0 Å². The SMILES string of the molecule is CC(=O)On1c(C)nc([N+](=O)[O-])c1C. The van der Waals surface area contributed by atoms with E-state index >= 15 is 0 Å². The Morgan fingerprint density at radius 2 is 2.14 bits per heavy atom. The van der Waals surface area contributed by atoms with Crippen molar-refractivity contribution in [2.24, 2.45) is 0 Å². The molecule has 0 unspecified atom stereocenters. The molecule has 0 aliphatic carbocycles. The molecule has 0 spiro atoms. The first-order valence-electron chi connectivity index (χ1n) is 3.82. The minimum atomic E-state index is -0.623. The van der Waals surface area contributed by atoms with Gasteiger partial charge in [-0.25, -0.2) is 4.79 Å². The van der Waals surface area contributed by atoms with Gasteiger partial charge in [-0.1, -0.05) is 0 Å². The average Bonchev–Trinajstić information content (AvgIpc) is 2.31. The Labute approximate surface area is 79.4 Å². The van der Waals surface area contributed by atoms with Crippen molar-refractivity contribution in [1.82, 2.24) is 9.71 Å². The molecule has 0 bridgehead atoms.